The molecule has 1 aliphatic rings. The molecule has 2 heterocycles. The monoisotopic (exact) mass is 474 g/mol. The smallest absolute Gasteiger partial charge is 0.293 e. The van der Waals surface area contributed by atoms with Gasteiger partial charge in [-0.1, -0.05) is 6.92 Å². The lowest BCUT2D eigenvalue weighted by molar-refractivity contribution is -0.384. The molecule has 1 aromatic carbocycles. The molecule has 0 radical (unpaired) electrons. The molecule has 13 heteroatoms. The molecule has 164 valence electrons. The Hall–Kier alpha value is -2.06. The van der Waals surface area contributed by atoms with E-state index >= 15 is 0 Å². The summed E-state index contributed by atoms with van der Waals surface area (Å²) in [4.78, 5) is 11.4. The first-order valence-electron chi connectivity index (χ1n) is 9.12. The van der Waals surface area contributed by atoms with Gasteiger partial charge in [0.05, 0.1) is 9.82 Å². The average molecular weight is 475 g/mol. The first kappa shape index (κ1) is 22.6. The van der Waals surface area contributed by atoms with Gasteiger partial charge < -0.3 is 5.32 Å². The van der Waals surface area contributed by atoms with E-state index < -0.39 is 25.0 Å². The number of hydrogen-bond donors (Lipinski definition) is 2. The number of nitro groups is 1. The van der Waals surface area contributed by atoms with Crippen molar-refractivity contribution >= 4 is 42.8 Å². The Kier molecular flexibility index (Phi) is 6.48. The second-order valence-corrected chi connectivity index (χ2v) is 12.0. The van der Waals surface area contributed by atoms with Crippen molar-refractivity contribution in [2.24, 2.45) is 11.1 Å². The maximum absolute atomic E-state index is 12.9. The zero-order valence-electron chi connectivity index (χ0n) is 16.1. The van der Waals surface area contributed by atoms with Gasteiger partial charge in [-0.05, 0) is 43.0 Å². The molecule has 1 fully saturated rings. The van der Waals surface area contributed by atoms with E-state index in [1.165, 1.54) is 22.5 Å². The Morgan fingerprint density at radius 1 is 1.20 bits per heavy atom. The predicted octanol–water partition coefficient (Wildman–Crippen LogP) is 2.34. The van der Waals surface area contributed by atoms with E-state index in [1.54, 1.807) is 6.07 Å². The molecule has 0 aliphatic carbocycles. The minimum absolute atomic E-state index is 0.00825. The van der Waals surface area contributed by atoms with Crippen molar-refractivity contribution < 1.29 is 21.8 Å². The van der Waals surface area contributed by atoms with Gasteiger partial charge in [-0.15, -0.1) is 11.3 Å². The summed E-state index contributed by atoms with van der Waals surface area (Å²) in [6.45, 7) is 2.97. The van der Waals surface area contributed by atoms with Crippen molar-refractivity contribution in [3.05, 3.63) is 45.3 Å². The molecule has 3 rings (SSSR count). The van der Waals surface area contributed by atoms with Crippen LogP contribution >= 0.6 is 11.3 Å². The quantitative estimate of drug-likeness (QED) is 0.461. The van der Waals surface area contributed by atoms with Crippen molar-refractivity contribution in [3.8, 4) is 0 Å². The highest BCUT2D eigenvalue weighted by Gasteiger charge is 2.30. The SMILES string of the molecule is CC1CCN(S(=O)(=O)c2ccc(NCc3ccc(S(N)(=O)=O)s3)c([N+](=O)[O-])c2)CC1. The molecule has 30 heavy (non-hydrogen) atoms. The number of piperidine rings is 1. The number of thiophene rings is 1. The van der Waals surface area contributed by atoms with Crippen molar-refractivity contribution in [1.29, 1.82) is 0 Å². The Labute approximate surface area is 179 Å². The second-order valence-electron chi connectivity index (χ2n) is 7.14. The predicted molar refractivity (Wildman–Crippen MR) is 113 cm³/mol. The number of anilines is 1. The summed E-state index contributed by atoms with van der Waals surface area (Å²) in [5, 5.41) is 19.5. The third-order valence-corrected chi connectivity index (χ3v) is 9.34. The first-order chi connectivity index (χ1) is 14.0. The van der Waals surface area contributed by atoms with E-state index in [9.17, 15) is 26.9 Å². The Bertz CT molecular complexity index is 1150. The number of nitrogens with two attached hydrogens (primary N) is 1. The van der Waals surface area contributed by atoms with Crippen LogP contribution in [0, 0.1) is 16.0 Å². The zero-order chi connectivity index (χ0) is 22.1. The molecule has 0 spiro atoms. The lowest BCUT2D eigenvalue weighted by Crippen LogP contribution is -2.37. The third kappa shape index (κ3) is 4.98. The summed E-state index contributed by atoms with van der Waals surface area (Å²) in [6.07, 6.45) is 1.50. The topological polar surface area (TPSA) is 153 Å². The second kappa shape index (κ2) is 8.59. The molecule has 1 aliphatic heterocycles. The first-order valence-corrected chi connectivity index (χ1v) is 12.9. The fourth-order valence-corrected chi connectivity index (χ4v) is 6.34. The van der Waals surface area contributed by atoms with Gasteiger partial charge in [-0.2, -0.15) is 4.31 Å². The summed E-state index contributed by atoms with van der Waals surface area (Å²) in [7, 11) is -7.63. The van der Waals surface area contributed by atoms with Crippen LogP contribution in [0.2, 0.25) is 0 Å². The Morgan fingerprint density at radius 3 is 2.43 bits per heavy atom. The van der Waals surface area contributed by atoms with Gasteiger partial charge in [0, 0.05) is 30.6 Å². The van der Waals surface area contributed by atoms with Crippen LogP contribution in [-0.2, 0) is 26.6 Å². The van der Waals surface area contributed by atoms with E-state index in [-0.39, 0.29) is 27.0 Å². The van der Waals surface area contributed by atoms with Crippen molar-refractivity contribution in [3.63, 3.8) is 0 Å². The van der Waals surface area contributed by atoms with Gasteiger partial charge >= 0.3 is 0 Å². The summed E-state index contributed by atoms with van der Waals surface area (Å²) in [6, 6.07) is 6.67. The maximum atomic E-state index is 12.9. The molecule has 0 amide bonds. The number of hydrogen-bond acceptors (Lipinski definition) is 8. The minimum Gasteiger partial charge on any atom is -0.375 e. The normalized spacial score (nSPS) is 16.5. The number of nitrogens with one attached hydrogen (secondary N) is 1. The summed E-state index contributed by atoms with van der Waals surface area (Å²) >= 11 is 0.952. The molecular formula is C17H22N4O6S3. The average Bonchev–Trinajstić information content (AvgIpc) is 3.16. The van der Waals surface area contributed by atoms with Gasteiger partial charge in [0.15, 0.2) is 0 Å². The molecule has 2 aromatic rings. The highest BCUT2D eigenvalue weighted by Crippen LogP contribution is 2.31. The molecule has 0 atom stereocenters. The lowest BCUT2D eigenvalue weighted by atomic mass is 10.0. The molecule has 1 saturated heterocycles. The van der Waals surface area contributed by atoms with Gasteiger partial charge in [0.25, 0.3) is 5.69 Å². The van der Waals surface area contributed by atoms with E-state index in [0.717, 1.165) is 30.2 Å². The largest absolute Gasteiger partial charge is 0.375 e. The summed E-state index contributed by atoms with van der Waals surface area (Å²) in [5.41, 5.74) is -0.235. The van der Waals surface area contributed by atoms with Crippen LogP contribution in [0.25, 0.3) is 0 Å². The van der Waals surface area contributed by atoms with E-state index in [1.807, 2.05) is 0 Å². The molecule has 1 aromatic heterocycles. The Balaban J connectivity index is 1.82. The number of nitrogens with zero attached hydrogens (tertiary/aromatic N) is 2. The Morgan fingerprint density at radius 2 is 1.87 bits per heavy atom. The molecule has 0 unspecified atom stereocenters. The fraction of sp³-hybridized carbons (Fsp3) is 0.412. The van der Waals surface area contributed by atoms with E-state index in [4.69, 9.17) is 5.14 Å². The maximum Gasteiger partial charge on any atom is 0.293 e. The van der Waals surface area contributed by atoms with Crippen LogP contribution < -0.4 is 10.5 Å². The van der Waals surface area contributed by atoms with Crippen LogP contribution in [-0.4, -0.2) is 39.2 Å². The molecule has 0 saturated carbocycles. The highest BCUT2D eigenvalue weighted by atomic mass is 32.2. The minimum atomic E-state index is -3.82. The standard InChI is InChI=1S/C17H22N4O6S3/c1-12-6-8-20(9-7-12)30(26,27)14-3-4-15(16(10-14)21(22)23)19-11-13-2-5-17(28-13)29(18,24)25/h2-5,10,12,19H,6-9,11H2,1H3,(H2,18,24,25). The van der Waals surface area contributed by atoms with Crippen LogP contribution in [0.5, 0.6) is 0 Å². The van der Waals surface area contributed by atoms with Crippen LogP contribution in [0.1, 0.15) is 24.6 Å². The lowest BCUT2D eigenvalue weighted by Gasteiger charge is -2.29. The van der Waals surface area contributed by atoms with Gasteiger partial charge in [-0.25, -0.2) is 22.0 Å². The fourth-order valence-electron chi connectivity index (χ4n) is 3.14. The molecule has 10 nitrogen and oxygen atoms in total. The van der Waals surface area contributed by atoms with Crippen LogP contribution in [0.3, 0.4) is 0 Å². The van der Waals surface area contributed by atoms with E-state index in [0.29, 0.717) is 23.9 Å². The number of rotatable bonds is 7. The number of benzene rings is 1. The van der Waals surface area contributed by atoms with E-state index in [2.05, 4.69) is 12.2 Å². The van der Waals surface area contributed by atoms with Crippen molar-refractivity contribution in [1.82, 2.24) is 4.31 Å². The zero-order valence-corrected chi connectivity index (χ0v) is 18.6. The van der Waals surface area contributed by atoms with Crippen molar-refractivity contribution in [2.45, 2.75) is 35.4 Å². The molecular weight excluding hydrogens is 452 g/mol. The number of nitro benzene ring substituents is 1. The van der Waals surface area contributed by atoms with Gasteiger partial charge in [0.1, 0.15) is 9.90 Å². The van der Waals surface area contributed by atoms with Crippen LogP contribution in [0.4, 0.5) is 11.4 Å². The van der Waals surface area contributed by atoms with Gasteiger partial charge in [-0.3, -0.25) is 10.1 Å². The number of primary sulfonamides is 1. The van der Waals surface area contributed by atoms with Gasteiger partial charge in [0.2, 0.25) is 20.0 Å². The molecule has 0 bridgehead atoms. The summed E-state index contributed by atoms with van der Waals surface area (Å²) < 4.78 is 49.8. The van der Waals surface area contributed by atoms with Crippen LogP contribution in [0.15, 0.2) is 39.4 Å². The third-order valence-electron chi connectivity index (χ3n) is 4.92. The van der Waals surface area contributed by atoms with Crippen molar-refractivity contribution in [2.75, 3.05) is 18.4 Å². The summed E-state index contributed by atoms with van der Waals surface area (Å²) in [5.74, 6) is 0.449. The highest BCUT2D eigenvalue weighted by molar-refractivity contribution is 7.91. The molecule has 3 N–H and O–H groups in total. The number of sulfonamides is 2.